The van der Waals surface area contributed by atoms with E-state index < -0.39 is 23.2 Å². The zero-order valence-electron chi connectivity index (χ0n) is 25.5. The summed E-state index contributed by atoms with van der Waals surface area (Å²) in [6, 6.07) is 3.96. The standard InChI is InChI=1S/C31H45F3N4O5/c1-4-36(5-2)11-13-43-29(40)38-18-24-15-25(35-26-9-12-42-19-27(26)41-3)16-30(24,20-38)28(39)37-10-8-21-6-7-23(31(32,33)34)14-22(21)17-37/h6-7,14,24-27,35H,4-5,8-13,15-20H2,1-3H3/t24-,25+,26?,27?,30-/m1/s1. The zero-order valence-corrected chi connectivity index (χ0v) is 25.5. The van der Waals surface area contributed by atoms with Crippen molar-refractivity contribution in [2.45, 2.75) is 70.4 Å². The summed E-state index contributed by atoms with van der Waals surface area (Å²) in [5.41, 5.74) is -0.161. The van der Waals surface area contributed by atoms with Crippen molar-refractivity contribution in [3.05, 3.63) is 34.9 Å². The third kappa shape index (κ3) is 6.82. The third-order valence-corrected chi connectivity index (χ3v) is 9.98. The first-order chi connectivity index (χ1) is 20.6. The summed E-state index contributed by atoms with van der Waals surface area (Å²) in [4.78, 5) is 33.2. The number of hydrogen-bond donors (Lipinski definition) is 1. The first-order valence-electron chi connectivity index (χ1n) is 15.6. The number of nitrogens with zero attached hydrogens (tertiary/aromatic N) is 3. The van der Waals surface area contributed by atoms with E-state index in [0.29, 0.717) is 57.7 Å². The molecule has 5 atom stereocenters. The van der Waals surface area contributed by atoms with E-state index in [-0.39, 0.29) is 49.7 Å². The number of amides is 2. The fourth-order valence-corrected chi connectivity index (χ4v) is 7.52. The van der Waals surface area contributed by atoms with Crippen molar-refractivity contribution in [2.75, 3.05) is 66.2 Å². The Morgan fingerprint density at radius 1 is 1.19 bits per heavy atom. The number of halogens is 3. The normalized spacial score (nSPS) is 29.1. The second kappa shape index (κ2) is 13.3. The fourth-order valence-electron chi connectivity index (χ4n) is 7.52. The predicted molar refractivity (Wildman–Crippen MR) is 153 cm³/mol. The highest BCUT2D eigenvalue weighted by atomic mass is 19.4. The maximum absolute atomic E-state index is 14.4. The molecule has 1 N–H and O–H groups in total. The number of nitrogens with one attached hydrogen (secondary N) is 1. The van der Waals surface area contributed by atoms with Crippen LogP contribution < -0.4 is 5.32 Å². The SMILES string of the molecule is CCN(CC)CCOC(=O)N1C[C@H]2C[C@H](NC3CCOCC3OC)C[C@@]2(C(=O)N2CCc3ccc(C(F)(F)F)cc3C2)C1. The van der Waals surface area contributed by atoms with Crippen LogP contribution in [0.3, 0.4) is 0 Å². The van der Waals surface area contributed by atoms with Crippen LogP contribution in [0.5, 0.6) is 0 Å². The number of likely N-dealkylation sites (N-methyl/N-ethyl adjacent to an activating group) is 1. The number of likely N-dealkylation sites (tertiary alicyclic amines) is 1. The summed E-state index contributed by atoms with van der Waals surface area (Å²) in [6.07, 6.45) is -2.39. The number of alkyl halides is 3. The van der Waals surface area contributed by atoms with Gasteiger partial charge in [0.25, 0.3) is 0 Å². The smallest absolute Gasteiger partial charge is 0.416 e. The molecule has 3 aliphatic heterocycles. The van der Waals surface area contributed by atoms with E-state index in [2.05, 4.69) is 24.1 Å². The highest BCUT2D eigenvalue weighted by Gasteiger charge is 2.60. The molecule has 2 amide bonds. The van der Waals surface area contributed by atoms with E-state index in [4.69, 9.17) is 14.2 Å². The highest BCUT2D eigenvalue weighted by molar-refractivity contribution is 5.86. The van der Waals surface area contributed by atoms with Gasteiger partial charge in [-0.05, 0) is 68.0 Å². The van der Waals surface area contributed by atoms with Gasteiger partial charge >= 0.3 is 12.3 Å². The van der Waals surface area contributed by atoms with E-state index in [0.717, 1.165) is 31.1 Å². The molecule has 1 saturated carbocycles. The predicted octanol–water partition coefficient (Wildman–Crippen LogP) is 3.54. The first kappa shape index (κ1) is 32.0. The molecule has 4 aliphatic rings. The summed E-state index contributed by atoms with van der Waals surface area (Å²) in [5.74, 6) is -0.171. The van der Waals surface area contributed by atoms with E-state index >= 15 is 0 Å². The van der Waals surface area contributed by atoms with Crippen molar-refractivity contribution in [1.82, 2.24) is 20.0 Å². The number of fused-ring (bicyclic) bond motifs is 2. The maximum Gasteiger partial charge on any atom is 0.416 e. The largest absolute Gasteiger partial charge is 0.448 e. The molecule has 240 valence electrons. The van der Waals surface area contributed by atoms with Crippen LogP contribution in [0.25, 0.3) is 0 Å². The maximum atomic E-state index is 14.4. The molecular weight excluding hydrogens is 565 g/mol. The van der Waals surface area contributed by atoms with Crippen molar-refractivity contribution < 1.29 is 37.0 Å². The number of hydrogen-bond acceptors (Lipinski definition) is 7. The van der Waals surface area contributed by atoms with E-state index in [9.17, 15) is 22.8 Å². The molecule has 5 rings (SSSR count). The van der Waals surface area contributed by atoms with Crippen LogP contribution in [-0.4, -0.2) is 111 Å². The molecule has 2 saturated heterocycles. The van der Waals surface area contributed by atoms with Crippen molar-refractivity contribution in [3.63, 3.8) is 0 Å². The number of carbonyl (C=O) groups excluding carboxylic acids is 2. The van der Waals surface area contributed by atoms with Gasteiger partial charge in [-0.2, -0.15) is 13.2 Å². The minimum absolute atomic E-state index is 0.0458. The molecule has 1 aromatic carbocycles. The monoisotopic (exact) mass is 610 g/mol. The highest BCUT2D eigenvalue weighted by Crippen LogP contribution is 2.51. The average molecular weight is 611 g/mol. The minimum atomic E-state index is -4.45. The Morgan fingerprint density at radius 2 is 1.98 bits per heavy atom. The number of rotatable bonds is 9. The van der Waals surface area contributed by atoms with Crippen molar-refractivity contribution in [1.29, 1.82) is 0 Å². The van der Waals surface area contributed by atoms with Crippen LogP contribution in [0.2, 0.25) is 0 Å². The average Bonchev–Trinajstić information content (AvgIpc) is 3.53. The number of carbonyl (C=O) groups is 2. The lowest BCUT2D eigenvalue weighted by molar-refractivity contribution is -0.143. The van der Waals surface area contributed by atoms with Crippen LogP contribution >= 0.6 is 0 Å². The Hall–Kier alpha value is -2.41. The van der Waals surface area contributed by atoms with Gasteiger partial charge in [-0.3, -0.25) is 4.79 Å². The Kier molecular flexibility index (Phi) is 9.89. The lowest BCUT2D eigenvalue weighted by Gasteiger charge is -2.38. The molecule has 3 heterocycles. The third-order valence-electron chi connectivity index (χ3n) is 9.98. The zero-order chi connectivity index (χ0) is 30.8. The van der Waals surface area contributed by atoms with Gasteiger partial charge in [-0.15, -0.1) is 0 Å². The molecule has 2 unspecified atom stereocenters. The van der Waals surface area contributed by atoms with Crippen molar-refractivity contribution in [2.24, 2.45) is 11.3 Å². The van der Waals surface area contributed by atoms with Gasteiger partial charge < -0.3 is 34.2 Å². The summed E-state index contributed by atoms with van der Waals surface area (Å²) in [5, 5.41) is 3.73. The lowest BCUT2D eigenvalue weighted by Crippen LogP contribution is -2.52. The van der Waals surface area contributed by atoms with Gasteiger partial charge in [-0.25, -0.2) is 4.79 Å². The van der Waals surface area contributed by atoms with Crippen molar-refractivity contribution in [3.8, 4) is 0 Å². The molecule has 1 aromatic rings. The van der Waals surface area contributed by atoms with Gasteiger partial charge in [0.15, 0.2) is 0 Å². The van der Waals surface area contributed by atoms with Crippen LogP contribution in [0, 0.1) is 11.3 Å². The Bertz CT molecular complexity index is 1150. The van der Waals surface area contributed by atoms with E-state index in [1.54, 1.807) is 16.9 Å². The quantitative estimate of drug-likeness (QED) is 0.458. The van der Waals surface area contributed by atoms with Crippen LogP contribution in [-0.2, 0) is 38.1 Å². The molecule has 1 aliphatic carbocycles. The topological polar surface area (TPSA) is 83.6 Å². The minimum Gasteiger partial charge on any atom is -0.448 e. The molecule has 0 spiro atoms. The molecule has 3 fully saturated rings. The number of benzene rings is 1. The molecule has 12 heteroatoms. The van der Waals surface area contributed by atoms with Crippen LogP contribution in [0.1, 0.15) is 49.8 Å². The summed E-state index contributed by atoms with van der Waals surface area (Å²) in [7, 11) is 1.67. The van der Waals surface area contributed by atoms with E-state index in [1.807, 2.05) is 0 Å². The summed E-state index contributed by atoms with van der Waals surface area (Å²) >= 11 is 0. The second-order valence-corrected chi connectivity index (χ2v) is 12.4. The molecule has 0 radical (unpaired) electrons. The molecular formula is C31H45F3N4O5. The molecule has 43 heavy (non-hydrogen) atoms. The number of ether oxygens (including phenoxy) is 3. The van der Waals surface area contributed by atoms with Gasteiger partial charge in [0.05, 0.1) is 23.7 Å². The lowest BCUT2D eigenvalue weighted by atomic mass is 9.78. The Morgan fingerprint density at radius 3 is 2.70 bits per heavy atom. The van der Waals surface area contributed by atoms with Gasteiger partial charge in [0.1, 0.15) is 6.61 Å². The fraction of sp³-hybridized carbons (Fsp3) is 0.742. The molecule has 0 aromatic heterocycles. The van der Waals surface area contributed by atoms with E-state index in [1.165, 1.54) is 12.1 Å². The number of methoxy groups -OCH3 is 1. The van der Waals surface area contributed by atoms with Gasteiger partial charge in [0, 0.05) is 58.5 Å². The molecule has 0 bridgehead atoms. The Labute approximate surface area is 252 Å². The second-order valence-electron chi connectivity index (χ2n) is 12.4. The molecule has 9 nitrogen and oxygen atoms in total. The van der Waals surface area contributed by atoms with Gasteiger partial charge in [0.2, 0.25) is 5.91 Å². The summed E-state index contributed by atoms with van der Waals surface area (Å²) in [6.45, 7) is 9.14. The summed E-state index contributed by atoms with van der Waals surface area (Å²) < 4.78 is 57.2. The first-order valence-corrected chi connectivity index (χ1v) is 15.6. The van der Waals surface area contributed by atoms with Crippen LogP contribution in [0.15, 0.2) is 18.2 Å². The van der Waals surface area contributed by atoms with Gasteiger partial charge in [-0.1, -0.05) is 19.9 Å². The van der Waals surface area contributed by atoms with Crippen molar-refractivity contribution >= 4 is 12.0 Å². The van der Waals surface area contributed by atoms with Crippen LogP contribution in [0.4, 0.5) is 18.0 Å². The Balaban J connectivity index is 1.33.